The highest BCUT2D eigenvalue weighted by Gasteiger charge is 2.47. The van der Waals surface area contributed by atoms with Crippen LogP contribution in [0.3, 0.4) is 0 Å². The van der Waals surface area contributed by atoms with E-state index in [4.69, 9.17) is 10.5 Å². The quantitative estimate of drug-likeness (QED) is 0.796. The van der Waals surface area contributed by atoms with E-state index in [2.05, 4.69) is 0 Å². The molecule has 1 unspecified atom stereocenters. The van der Waals surface area contributed by atoms with Crippen molar-refractivity contribution in [2.24, 2.45) is 5.73 Å². The van der Waals surface area contributed by atoms with Gasteiger partial charge >= 0.3 is 12.1 Å². The molecule has 0 bridgehead atoms. The first-order valence-corrected chi connectivity index (χ1v) is 7.52. The second-order valence-corrected chi connectivity index (χ2v) is 5.57. The maximum atomic E-state index is 13.1. The van der Waals surface area contributed by atoms with Crippen LogP contribution in [0, 0.1) is 5.82 Å². The van der Waals surface area contributed by atoms with Gasteiger partial charge < -0.3 is 20.3 Å². The topological polar surface area (TPSA) is 96.2 Å². The summed E-state index contributed by atoms with van der Waals surface area (Å²) in [5, 5.41) is 0. The maximum absolute atomic E-state index is 13.1. The van der Waals surface area contributed by atoms with E-state index in [1.54, 1.807) is 6.07 Å². The van der Waals surface area contributed by atoms with Gasteiger partial charge in [-0.3, -0.25) is 9.69 Å². The molecule has 5 amide bonds. The summed E-state index contributed by atoms with van der Waals surface area (Å²) in [6.07, 6.45) is 0. The van der Waals surface area contributed by atoms with Crippen LogP contribution in [-0.2, 0) is 4.79 Å². The molecule has 0 saturated carbocycles. The fourth-order valence-electron chi connectivity index (χ4n) is 2.87. The van der Waals surface area contributed by atoms with Crippen LogP contribution in [0.4, 0.5) is 14.0 Å². The molecule has 2 aliphatic heterocycles. The van der Waals surface area contributed by atoms with Crippen LogP contribution >= 0.6 is 0 Å². The number of amides is 5. The summed E-state index contributed by atoms with van der Waals surface area (Å²) in [5.41, 5.74) is 5.23. The average Bonchev–Trinajstić information content (AvgIpc) is 2.79. The number of rotatable bonds is 4. The third kappa shape index (κ3) is 2.97. The standard InChI is InChI=1S/C15H17FN4O4/c16-10-2-1-3-11(8-10)24-7-6-20-13(21)12-9-18(14(17)22)4-5-19(12)15(20)23/h1-3,8,12H,4-7,9H2,(H2,17,22). The normalized spacial score (nSPS) is 20.4. The summed E-state index contributed by atoms with van der Waals surface area (Å²) in [7, 11) is 0. The molecule has 9 heteroatoms. The molecule has 1 aromatic carbocycles. The number of carbonyl (C=O) groups excluding carboxylic acids is 3. The number of nitrogens with zero attached hydrogens (tertiary/aromatic N) is 3. The van der Waals surface area contributed by atoms with Gasteiger partial charge in [-0.05, 0) is 12.1 Å². The minimum absolute atomic E-state index is 0.0533. The molecule has 2 fully saturated rings. The molecule has 3 rings (SSSR count). The van der Waals surface area contributed by atoms with E-state index in [0.29, 0.717) is 12.3 Å². The first kappa shape index (κ1) is 16.0. The molecule has 0 aromatic heterocycles. The molecular weight excluding hydrogens is 319 g/mol. The lowest BCUT2D eigenvalue weighted by Gasteiger charge is -2.34. The van der Waals surface area contributed by atoms with Crippen LogP contribution in [0.15, 0.2) is 24.3 Å². The van der Waals surface area contributed by atoms with Gasteiger partial charge in [0.2, 0.25) is 0 Å². The predicted octanol–water partition coefficient (Wildman–Crippen LogP) is 0.232. The number of hydrogen-bond acceptors (Lipinski definition) is 4. The fourth-order valence-corrected chi connectivity index (χ4v) is 2.87. The Morgan fingerprint density at radius 3 is 2.83 bits per heavy atom. The van der Waals surface area contributed by atoms with Crippen LogP contribution in [0.5, 0.6) is 5.75 Å². The summed E-state index contributed by atoms with van der Waals surface area (Å²) in [6, 6.07) is 3.90. The second-order valence-electron chi connectivity index (χ2n) is 5.57. The van der Waals surface area contributed by atoms with Crippen molar-refractivity contribution in [3.8, 4) is 5.75 Å². The van der Waals surface area contributed by atoms with Crippen LogP contribution in [0.1, 0.15) is 0 Å². The van der Waals surface area contributed by atoms with E-state index in [0.717, 1.165) is 4.90 Å². The fraction of sp³-hybridized carbons (Fsp3) is 0.400. The molecule has 128 valence electrons. The highest BCUT2D eigenvalue weighted by atomic mass is 19.1. The molecule has 0 aliphatic carbocycles. The Hall–Kier alpha value is -2.84. The number of ether oxygens (including phenoxy) is 1. The summed E-state index contributed by atoms with van der Waals surface area (Å²) in [4.78, 5) is 39.8. The van der Waals surface area contributed by atoms with Gasteiger partial charge in [0.1, 0.15) is 24.2 Å². The number of halogens is 1. The summed E-state index contributed by atoms with van der Waals surface area (Å²) >= 11 is 0. The Morgan fingerprint density at radius 2 is 2.12 bits per heavy atom. The lowest BCUT2D eigenvalue weighted by atomic mass is 10.2. The molecule has 0 spiro atoms. The molecule has 2 heterocycles. The monoisotopic (exact) mass is 336 g/mol. The molecular formula is C15H17FN4O4. The molecule has 8 nitrogen and oxygen atoms in total. The minimum atomic E-state index is -0.701. The van der Waals surface area contributed by atoms with Gasteiger partial charge in [-0.2, -0.15) is 0 Å². The number of imide groups is 1. The SMILES string of the molecule is NC(=O)N1CCN2C(=O)N(CCOc3cccc(F)c3)C(=O)C2C1. The van der Waals surface area contributed by atoms with Crippen molar-refractivity contribution in [1.29, 1.82) is 0 Å². The third-order valence-electron chi connectivity index (χ3n) is 4.10. The number of nitrogens with two attached hydrogens (primary N) is 1. The van der Waals surface area contributed by atoms with Gasteiger partial charge in [-0.1, -0.05) is 6.07 Å². The largest absolute Gasteiger partial charge is 0.492 e. The van der Waals surface area contributed by atoms with Crippen LogP contribution in [-0.4, -0.2) is 71.5 Å². The number of hydrogen-bond donors (Lipinski definition) is 1. The van der Waals surface area contributed by atoms with Crippen molar-refractivity contribution in [3.63, 3.8) is 0 Å². The molecule has 2 aliphatic rings. The molecule has 2 saturated heterocycles. The van der Waals surface area contributed by atoms with Gasteiger partial charge in [-0.25, -0.2) is 14.0 Å². The Balaban J connectivity index is 1.59. The first-order valence-electron chi connectivity index (χ1n) is 7.52. The average molecular weight is 336 g/mol. The number of primary amides is 1. The Kier molecular flexibility index (Phi) is 4.24. The van der Waals surface area contributed by atoms with Gasteiger partial charge in [0.25, 0.3) is 5.91 Å². The zero-order valence-electron chi connectivity index (χ0n) is 12.9. The van der Waals surface area contributed by atoms with Crippen molar-refractivity contribution < 1.29 is 23.5 Å². The number of urea groups is 2. The molecule has 24 heavy (non-hydrogen) atoms. The van der Waals surface area contributed by atoms with Gasteiger partial charge in [0.15, 0.2) is 0 Å². The number of carbonyl (C=O) groups is 3. The third-order valence-corrected chi connectivity index (χ3v) is 4.10. The van der Waals surface area contributed by atoms with Gasteiger partial charge in [0.05, 0.1) is 13.1 Å². The zero-order valence-corrected chi connectivity index (χ0v) is 12.9. The Labute approximate surface area is 137 Å². The van der Waals surface area contributed by atoms with Crippen LogP contribution in [0.2, 0.25) is 0 Å². The highest BCUT2D eigenvalue weighted by Crippen LogP contribution is 2.22. The zero-order chi connectivity index (χ0) is 17.3. The van der Waals surface area contributed by atoms with Crippen molar-refractivity contribution >= 4 is 18.0 Å². The van der Waals surface area contributed by atoms with E-state index in [1.165, 1.54) is 28.0 Å². The number of fused-ring (bicyclic) bond motifs is 1. The minimum Gasteiger partial charge on any atom is -0.492 e. The van der Waals surface area contributed by atoms with E-state index < -0.39 is 23.9 Å². The highest BCUT2D eigenvalue weighted by molar-refractivity contribution is 6.04. The number of benzene rings is 1. The lowest BCUT2D eigenvalue weighted by Crippen LogP contribution is -2.55. The van der Waals surface area contributed by atoms with Gasteiger partial charge in [-0.15, -0.1) is 0 Å². The van der Waals surface area contributed by atoms with Crippen LogP contribution < -0.4 is 10.5 Å². The van der Waals surface area contributed by atoms with Crippen molar-refractivity contribution in [2.75, 3.05) is 32.8 Å². The van der Waals surface area contributed by atoms with Crippen molar-refractivity contribution in [3.05, 3.63) is 30.1 Å². The van der Waals surface area contributed by atoms with Crippen molar-refractivity contribution in [2.45, 2.75) is 6.04 Å². The Morgan fingerprint density at radius 1 is 1.33 bits per heavy atom. The van der Waals surface area contributed by atoms with Crippen LogP contribution in [0.25, 0.3) is 0 Å². The predicted molar refractivity (Wildman–Crippen MR) is 80.7 cm³/mol. The Bertz CT molecular complexity index is 683. The molecule has 1 aromatic rings. The van der Waals surface area contributed by atoms with E-state index in [9.17, 15) is 18.8 Å². The maximum Gasteiger partial charge on any atom is 0.327 e. The second kappa shape index (κ2) is 6.34. The molecule has 0 radical (unpaired) electrons. The van der Waals surface area contributed by atoms with Crippen molar-refractivity contribution in [1.82, 2.24) is 14.7 Å². The summed E-state index contributed by atoms with van der Waals surface area (Å²) in [6.45, 7) is 0.776. The summed E-state index contributed by atoms with van der Waals surface area (Å²) in [5.74, 6) is -0.481. The van der Waals surface area contributed by atoms with E-state index in [-0.39, 0.29) is 32.1 Å². The summed E-state index contributed by atoms with van der Waals surface area (Å²) < 4.78 is 18.4. The molecule has 2 N–H and O–H groups in total. The molecule has 1 atom stereocenters. The number of piperazine rings is 1. The first-order chi connectivity index (χ1) is 11.5. The smallest absolute Gasteiger partial charge is 0.327 e. The van der Waals surface area contributed by atoms with Gasteiger partial charge in [0, 0.05) is 19.2 Å². The van der Waals surface area contributed by atoms with E-state index in [1.807, 2.05) is 0 Å². The van der Waals surface area contributed by atoms with E-state index >= 15 is 0 Å². The lowest BCUT2D eigenvalue weighted by molar-refractivity contribution is -0.129.